The third-order valence-electron chi connectivity index (χ3n) is 3.67. The molecule has 0 aliphatic heterocycles. The highest BCUT2D eigenvalue weighted by atomic mass is 16.3. The van der Waals surface area contributed by atoms with Gasteiger partial charge in [0.1, 0.15) is 0 Å². The number of nitrogens with two attached hydrogens (primary N) is 1. The van der Waals surface area contributed by atoms with Crippen LogP contribution in [0.3, 0.4) is 0 Å². The highest BCUT2D eigenvalue weighted by Crippen LogP contribution is 2.31. The lowest BCUT2D eigenvalue weighted by molar-refractivity contribution is 0.0465. The van der Waals surface area contributed by atoms with Crippen molar-refractivity contribution in [3.05, 3.63) is 23.8 Å². The second kappa shape index (κ2) is 5.48. The lowest BCUT2D eigenvalue weighted by atomic mass is 9.82. The van der Waals surface area contributed by atoms with Crippen LogP contribution in [0.15, 0.2) is 18.2 Å². The molecule has 0 radical (unpaired) electrons. The second-order valence-corrected chi connectivity index (χ2v) is 5.22. The van der Waals surface area contributed by atoms with Gasteiger partial charge in [0.2, 0.25) is 0 Å². The first kappa shape index (κ1) is 13.7. The van der Waals surface area contributed by atoms with Gasteiger partial charge in [-0.05, 0) is 37.0 Å². The van der Waals surface area contributed by atoms with Crippen molar-refractivity contribution in [2.24, 2.45) is 5.92 Å². The van der Waals surface area contributed by atoms with Crippen LogP contribution in [0.5, 0.6) is 0 Å². The van der Waals surface area contributed by atoms with Crippen molar-refractivity contribution in [2.75, 3.05) is 31.3 Å². The van der Waals surface area contributed by atoms with E-state index in [2.05, 4.69) is 10.2 Å². The molecule has 0 aromatic heterocycles. The molecule has 1 fully saturated rings. The van der Waals surface area contributed by atoms with Gasteiger partial charge in [0.25, 0.3) is 5.91 Å². The zero-order valence-corrected chi connectivity index (χ0v) is 11.4. The molecule has 1 aliphatic carbocycles. The maximum atomic E-state index is 11.6. The maximum absolute atomic E-state index is 11.6. The molecule has 0 bridgehead atoms. The summed E-state index contributed by atoms with van der Waals surface area (Å²) >= 11 is 0. The highest BCUT2D eigenvalue weighted by molar-refractivity contribution is 5.96. The minimum absolute atomic E-state index is 0.117. The topological polar surface area (TPSA) is 78.6 Å². The van der Waals surface area contributed by atoms with E-state index in [1.165, 1.54) is 0 Å². The average Bonchev–Trinajstić information content (AvgIpc) is 2.36. The molecule has 2 rings (SSSR count). The Kier molecular flexibility index (Phi) is 3.95. The molecule has 4 N–H and O–H groups in total. The fourth-order valence-corrected chi connectivity index (χ4v) is 2.50. The summed E-state index contributed by atoms with van der Waals surface area (Å²) in [6, 6.07) is 5.29. The molecule has 1 aromatic rings. The van der Waals surface area contributed by atoms with Crippen LogP contribution in [0.2, 0.25) is 0 Å². The Balaban J connectivity index is 2.11. The lowest BCUT2D eigenvalue weighted by Crippen LogP contribution is -2.37. The predicted octanol–water partition coefficient (Wildman–Crippen LogP) is 0.835. The van der Waals surface area contributed by atoms with Crippen molar-refractivity contribution >= 4 is 17.3 Å². The number of nitrogens with one attached hydrogen (secondary N) is 1. The van der Waals surface area contributed by atoms with E-state index in [9.17, 15) is 9.90 Å². The molecule has 1 saturated carbocycles. The van der Waals surface area contributed by atoms with Gasteiger partial charge in [0.15, 0.2) is 0 Å². The normalized spacial score (nSPS) is 21.6. The van der Waals surface area contributed by atoms with Gasteiger partial charge in [-0.3, -0.25) is 4.79 Å². The Morgan fingerprint density at radius 2 is 2.21 bits per heavy atom. The minimum Gasteiger partial charge on any atom is -0.397 e. The number of carbonyl (C=O) groups excluding carboxylic acids is 1. The number of rotatable bonds is 4. The zero-order valence-electron chi connectivity index (χ0n) is 11.4. The van der Waals surface area contributed by atoms with Gasteiger partial charge < -0.3 is 21.1 Å². The molecule has 0 unspecified atom stereocenters. The van der Waals surface area contributed by atoms with Gasteiger partial charge in [-0.15, -0.1) is 0 Å². The predicted molar refractivity (Wildman–Crippen MR) is 76.2 cm³/mol. The van der Waals surface area contributed by atoms with E-state index >= 15 is 0 Å². The van der Waals surface area contributed by atoms with Crippen LogP contribution >= 0.6 is 0 Å². The van der Waals surface area contributed by atoms with Crippen LogP contribution < -0.4 is 16.0 Å². The Labute approximate surface area is 113 Å². The van der Waals surface area contributed by atoms with Crippen molar-refractivity contribution in [1.29, 1.82) is 0 Å². The quantitative estimate of drug-likeness (QED) is 0.703. The van der Waals surface area contributed by atoms with Crippen molar-refractivity contribution in [2.45, 2.75) is 18.9 Å². The van der Waals surface area contributed by atoms with Crippen molar-refractivity contribution in [3.63, 3.8) is 0 Å². The monoisotopic (exact) mass is 263 g/mol. The van der Waals surface area contributed by atoms with E-state index in [4.69, 9.17) is 5.73 Å². The smallest absolute Gasteiger partial charge is 0.251 e. The van der Waals surface area contributed by atoms with Gasteiger partial charge in [-0.1, -0.05) is 0 Å². The van der Waals surface area contributed by atoms with Crippen LogP contribution in [0.25, 0.3) is 0 Å². The summed E-state index contributed by atoms with van der Waals surface area (Å²) in [5.74, 6) is 0.386. The summed E-state index contributed by atoms with van der Waals surface area (Å²) in [5.41, 5.74) is 8.10. The van der Waals surface area contributed by atoms with E-state index in [-0.39, 0.29) is 12.0 Å². The molecule has 1 aromatic carbocycles. The summed E-state index contributed by atoms with van der Waals surface area (Å²) in [5, 5.41) is 11.9. The van der Waals surface area contributed by atoms with E-state index < -0.39 is 0 Å². The summed E-state index contributed by atoms with van der Waals surface area (Å²) in [4.78, 5) is 13.7. The molecule has 0 spiro atoms. The van der Waals surface area contributed by atoms with Crippen LogP contribution in [-0.4, -0.2) is 37.8 Å². The lowest BCUT2D eigenvalue weighted by Gasteiger charge is -2.35. The summed E-state index contributed by atoms with van der Waals surface area (Å²) < 4.78 is 0. The van der Waals surface area contributed by atoms with E-state index in [1.807, 2.05) is 13.1 Å². The number of anilines is 2. The molecular formula is C14H21N3O2. The summed E-state index contributed by atoms with van der Waals surface area (Å²) in [7, 11) is 3.57. The molecule has 104 valence electrons. The van der Waals surface area contributed by atoms with Crippen LogP contribution in [0, 0.1) is 5.92 Å². The molecule has 0 atom stereocenters. The molecule has 1 aliphatic rings. The van der Waals surface area contributed by atoms with Crippen molar-refractivity contribution in [1.82, 2.24) is 5.32 Å². The third kappa shape index (κ3) is 2.98. The minimum atomic E-state index is -0.145. The van der Waals surface area contributed by atoms with E-state index in [0.717, 1.165) is 25.1 Å². The number of hydrogen-bond acceptors (Lipinski definition) is 4. The summed E-state index contributed by atoms with van der Waals surface area (Å²) in [6.07, 6.45) is 1.55. The van der Waals surface area contributed by atoms with Crippen LogP contribution in [0.4, 0.5) is 11.4 Å². The third-order valence-corrected chi connectivity index (χ3v) is 3.67. The van der Waals surface area contributed by atoms with Crippen LogP contribution in [-0.2, 0) is 0 Å². The van der Waals surface area contributed by atoms with Crippen LogP contribution in [0.1, 0.15) is 23.2 Å². The Morgan fingerprint density at radius 3 is 2.79 bits per heavy atom. The molecule has 5 heteroatoms. The summed E-state index contributed by atoms with van der Waals surface area (Å²) in [6.45, 7) is 0.846. The van der Waals surface area contributed by atoms with E-state index in [1.54, 1.807) is 19.2 Å². The fraction of sp³-hybridized carbons (Fsp3) is 0.500. The number of nitrogen functional groups attached to an aromatic ring is 1. The van der Waals surface area contributed by atoms with Gasteiger partial charge >= 0.3 is 0 Å². The standard InChI is InChI=1S/C14H21N3O2/c1-16-14(19)10-3-4-12(15)13(7-10)17(2)8-9-5-11(18)6-9/h3-4,7,9,11,18H,5-6,8,15H2,1-2H3,(H,16,19). The first-order chi connectivity index (χ1) is 9.01. The molecule has 0 heterocycles. The van der Waals surface area contributed by atoms with E-state index in [0.29, 0.717) is 17.2 Å². The number of amides is 1. The second-order valence-electron chi connectivity index (χ2n) is 5.22. The maximum Gasteiger partial charge on any atom is 0.251 e. The van der Waals surface area contributed by atoms with Gasteiger partial charge in [0, 0.05) is 26.2 Å². The molecule has 19 heavy (non-hydrogen) atoms. The SMILES string of the molecule is CNC(=O)c1ccc(N)c(N(C)CC2CC(O)C2)c1. The van der Waals surface area contributed by atoms with Gasteiger partial charge in [-0.25, -0.2) is 0 Å². The number of aliphatic hydroxyl groups excluding tert-OH is 1. The Hall–Kier alpha value is -1.75. The van der Waals surface area contributed by atoms with Crippen molar-refractivity contribution in [3.8, 4) is 0 Å². The Morgan fingerprint density at radius 1 is 1.53 bits per heavy atom. The van der Waals surface area contributed by atoms with Crippen molar-refractivity contribution < 1.29 is 9.90 Å². The first-order valence-electron chi connectivity index (χ1n) is 6.52. The highest BCUT2D eigenvalue weighted by Gasteiger charge is 2.28. The molecule has 5 nitrogen and oxygen atoms in total. The number of carbonyl (C=O) groups is 1. The van der Waals surface area contributed by atoms with Gasteiger partial charge in [0.05, 0.1) is 17.5 Å². The number of aliphatic hydroxyl groups is 1. The molecule has 1 amide bonds. The Bertz CT molecular complexity index is 470. The molecule has 0 saturated heterocycles. The molecular weight excluding hydrogens is 242 g/mol. The number of hydrogen-bond donors (Lipinski definition) is 3. The fourth-order valence-electron chi connectivity index (χ4n) is 2.50. The zero-order chi connectivity index (χ0) is 14.0. The average molecular weight is 263 g/mol. The largest absolute Gasteiger partial charge is 0.397 e. The first-order valence-corrected chi connectivity index (χ1v) is 6.52. The number of nitrogens with zero attached hydrogens (tertiary/aromatic N) is 1. The van der Waals surface area contributed by atoms with Gasteiger partial charge in [-0.2, -0.15) is 0 Å². The number of benzene rings is 1.